The lowest BCUT2D eigenvalue weighted by molar-refractivity contribution is 0.0734. The van der Waals surface area contributed by atoms with Gasteiger partial charge in [0.1, 0.15) is 5.75 Å². The lowest BCUT2D eigenvalue weighted by Crippen LogP contribution is -2.08. The predicted octanol–water partition coefficient (Wildman–Crippen LogP) is 5.03. The van der Waals surface area contributed by atoms with Crippen molar-refractivity contribution in [3.05, 3.63) is 89.5 Å². The SMILES string of the molecule is COCc1ccc(OC(=O)c2ccc(-c3ccc(C)cc3)cc2)cc1. The van der Waals surface area contributed by atoms with Crippen LogP contribution in [0.3, 0.4) is 0 Å². The van der Waals surface area contributed by atoms with Crippen LogP contribution in [0.25, 0.3) is 11.1 Å². The summed E-state index contributed by atoms with van der Waals surface area (Å²) in [6.45, 7) is 2.60. The molecule has 0 unspecified atom stereocenters. The van der Waals surface area contributed by atoms with E-state index in [4.69, 9.17) is 9.47 Å². The van der Waals surface area contributed by atoms with E-state index < -0.39 is 0 Å². The first kappa shape index (κ1) is 16.9. The summed E-state index contributed by atoms with van der Waals surface area (Å²) < 4.78 is 10.5. The number of rotatable bonds is 5. The van der Waals surface area contributed by atoms with Gasteiger partial charge in [0.05, 0.1) is 12.2 Å². The van der Waals surface area contributed by atoms with E-state index in [1.807, 2.05) is 24.3 Å². The van der Waals surface area contributed by atoms with E-state index >= 15 is 0 Å². The Hall–Kier alpha value is -2.91. The first-order valence-electron chi connectivity index (χ1n) is 8.13. The highest BCUT2D eigenvalue weighted by Crippen LogP contribution is 2.21. The van der Waals surface area contributed by atoms with Crippen LogP contribution < -0.4 is 4.74 Å². The van der Waals surface area contributed by atoms with Gasteiger partial charge in [-0.15, -0.1) is 0 Å². The molecule has 0 heterocycles. The summed E-state index contributed by atoms with van der Waals surface area (Å²) >= 11 is 0. The first-order chi connectivity index (χ1) is 12.2. The van der Waals surface area contributed by atoms with Gasteiger partial charge < -0.3 is 9.47 Å². The van der Waals surface area contributed by atoms with E-state index in [0.29, 0.717) is 17.9 Å². The van der Waals surface area contributed by atoms with Crippen LogP contribution >= 0.6 is 0 Å². The molecule has 0 amide bonds. The zero-order chi connectivity index (χ0) is 17.6. The van der Waals surface area contributed by atoms with E-state index in [9.17, 15) is 4.79 Å². The minimum atomic E-state index is -0.366. The van der Waals surface area contributed by atoms with Gasteiger partial charge in [-0.1, -0.05) is 54.1 Å². The van der Waals surface area contributed by atoms with E-state index in [0.717, 1.165) is 16.7 Å². The molecule has 0 aliphatic heterocycles. The molecule has 0 atom stereocenters. The van der Waals surface area contributed by atoms with Gasteiger partial charge in [0.25, 0.3) is 0 Å². The molecule has 3 aromatic rings. The Morgan fingerprint density at radius 1 is 0.800 bits per heavy atom. The molecule has 0 aliphatic carbocycles. The number of esters is 1. The molecule has 3 nitrogen and oxygen atoms in total. The number of hydrogen-bond acceptors (Lipinski definition) is 3. The van der Waals surface area contributed by atoms with Crippen molar-refractivity contribution in [2.45, 2.75) is 13.5 Å². The van der Waals surface area contributed by atoms with Crippen LogP contribution in [-0.2, 0) is 11.3 Å². The average Bonchev–Trinajstić information content (AvgIpc) is 2.64. The Morgan fingerprint density at radius 2 is 1.36 bits per heavy atom. The molecule has 0 saturated heterocycles. The van der Waals surface area contributed by atoms with Gasteiger partial charge in [0.15, 0.2) is 0 Å². The molecule has 0 aliphatic rings. The Labute approximate surface area is 147 Å². The molecule has 0 fully saturated rings. The Morgan fingerprint density at radius 3 is 1.92 bits per heavy atom. The molecule has 25 heavy (non-hydrogen) atoms. The van der Waals surface area contributed by atoms with Gasteiger partial charge in [-0.2, -0.15) is 0 Å². The third kappa shape index (κ3) is 4.34. The second-order valence-corrected chi connectivity index (χ2v) is 5.91. The van der Waals surface area contributed by atoms with Crippen molar-refractivity contribution in [2.75, 3.05) is 7.11 Å². The zero-order valence-corrected chi connectivity index (χ0v) is 14.4. The molecule has 0 saturated carbocycles. The molecular weight excluding hydrogens is 312 g/mol. The van der Waals surface area contributed by atoms with Crippen molar-refractivity contribution in [2.24, 2.45) is 0 Å². The summed E-state index contributed by atoms with van der Waals surface area (Å²) in [4.78, 5) is 12.3. The Bertz CT molecular complexity index is 832. The van der Waals surface area contributed by atoms with Gasteiger partial charge in [-0.05, 0) is 47.9 Å². The minimum Gasteiger partial charge on any atom is -0.423 e. The fourth-order valence-electron chi connectivity index (χ4n) is 2.53. The summed E-state index contributed by atoms with van der Waals surface area (Å²) in [6.07, 6.45) is 0. The molecule has 126 valence electrons. The third-order valence-electron chi connectivity index (χ3n) is 3.95. The molecular formula is C22H20O3. The standard InChI is InChI=1S/C22H20O3/c1-16-3-7-18(8-4-16)19-9-11-20(12-10-19)22(23)25-21-13-5-17(6-14-21)15-24-2/h3-14H,15H2,1-2H3. The Balaban J connectivity index is 1.69. The van der Waals surface area contributed by atoms with Crippen molar-refractivity contribution in [1.29, 1.82) is 0 Å². The van der Waals surface area contributed by atoms with Crippen LogP contribution in [0.15, 0.2) is 72.8 Å². The lowest BCUT2D eigenvalue weighted by Gasteiger charge is -2.07. The van der Waals surface area contributed by atoms with Crippen LogP contribution in [0.4, 0.5) is 0 Å². The number of aryl methyl sites for hydroxylation is 1. The maximum absolute atomic E-state index is 12.3. The lowest BCUT2D eigenvalue weighted by atomic mass is 10.0. The number of benzene rings is 3. The van der Waals surface area contributed by atoms with E-state index in [1.54, 1.807) is 31.4 Å². The van der Waals surface area contributed by atoms with Crippen LogP contribution in [0, 0.1) is 6.92 Å². The number of carbonyl (C=O) groups excluding carboxylic acids is 1. The molecule has 0 radical (unpaired) electrons. The highest BCUT2D eigenvalue weighted by atomic mass is 16.5. The van der Waals surface area contributed by atoms with E-state index in [1.165, 1.54) is 5.56 Å². The van der Waals surface area contributed by atoms with Gasteiger partial charge in [0, 0.05) is 7.11 Å². The van der Waals surface area contributed by atoms with Crippen molar-refractivity contribution in [3.63, 3.8) is 0 Å². The van der Waals surface area contributed by atoms with Crippen LogP contribution in [0.1, 0.15) is 21.5 Å². The second-order valence-electron chi connectivity index (χ2n) is 5.91. The number of ether oxygens (including phenoxy) is 2. The van der Waals surface area contributed by atoms with Gasteiger partial charge in [0.2, 0.25) is 0 Å². The quantitative estimate of drug-likeness (QED) is 0.486. The largest absolute Gasteiger partial charge is 0.423 e. The van der Waals surface area contributed by atoms with Gasteiger partial charge in [-0.3, -0.25) is 0 Å². The van der Waals surface area contributed by atoms with Crippen LogP contribution in [-0.4, -0.2) is 13.1 Å². The molecule has 3 aromatic carbocycles. The fourth-order valence-corrected chi connectivity index (χ4v) is 2.53. The predicted molar refractivity (Wildman–Crippen MR) is 98.7 cm³/mol. The van der Waals surface area contributed by atoms with Crippen molar-refractivity contribution < 1.29 is 14.3 Å². The second kappa shape index (κ2) is 7.77. The van der Waals surface area contributed by atoms with E-state index in [2.05, 4.69) is 31.2 Å². The van der Waals surface area contributed by atoms with Gasteiger partial charge in [-0.25, -0.2) is 4.79 Å². The Kier molecular flexibility index (Phi) is 5.26. The smallest absolute Gasteiger partial charge is 0.343 e. The van der Waals surface area contributed by atoms with Crippen LogP contribution in [0.2, 0.25) is 0 Å². The molecule has 3 heteroatoms. The zero-order valence-electron chi connectivity index (χ0n) is 14.4. The van der Waals surface area contributed by atoms with Crippen molar-refractivity contribution in [1.82, 2.24) is 0 Å². The molecule has 0 bridgehead atoms. The first-order valence-corrected chi connectivity index (χ1v) is 8.13. The molecule has 0 aromatic heterocycles. The van der Waals surface area contributed by atoms with Crippen LogP contribution in [0.5, 0.6) is 5.75 Å². The third-order valence-corrected chi connectivity index (χ3v) is 3.95. The summed E-state index contributed by atoms with van der Waals surface area (Å²) in [5.74, 6) is 0.155. The maximum atomic E-state index is 12.3. The number of methoxy groups -OCH3 is 1. The minimum absolute atomic E-state index is 0.366. The normalized spacial score (nSPS) is 10.5. The highest BCUT2D eigenvalue weighted by molar-refractivity contribution is 5.91. The molecule has 0 spiro atoms. The average molecular weight is 332 g/mol. The maximum Gasteiger partial charge on any atom is 0.343 e. The summed E-state index contributed by atoms with van der Waals surface area (Å²) in [6, 6.07) is 23.0. The summed E-state index contributed by atoms with van der Waals surface area (Å²) in [7, 11) is 1.65. The fraction of sp³-hybridized carbons (Fsp3) is 0.136. The summed E-state index contributed by atoms with van der Waals surface area (Å²) in [5, 5.41) is 0. The monoisotopic (exact) mass is 332 g/mol. The topological polar surface area (TPSA) is 35.5 Å². The number of carbonyl (C=O) groups is 1. The van der Waals surface area contributed by atoms with Crippen molar-refractivity contribution >= 4 is 5.97 Å². The van der Waals surface area contributed by atoms with Gasteiger partial charge >= 0.3 is 5.97 Å². The molecule has 0 N–H and O–H groups in total. The van der Waals surface area contributed by atoms with Crippen molar-refractivity contribution in [3.8, 4) is 16.9 Å². The number of hydrogen-bond donors (Lipinski definition) is 0. The van der Waals surface area contributed by atoms with E-state index in [-0.39, 0.29) is 5.97 Å². The summed E-state index contributed by atoms with van der Waals surface area (Å²) in [5.41, 5.74) is 4.97. The molecule has 3 rings (SSSR count). The highest BCUT2D eigenvalue weighted by Gasteiger charge is 2.09.